The van der Waals surface area contributed by atoms with E-state index in [9.17, 15) is 4.79 Å². The Bertz CT molecular complexity index is 184. The van der Waals surface area contributed by atoms with E-state index in [1.807, 2.05) is 0 Å². The summed E-state index contributed by atoms with van der Waals surface area (Å²) in [5.41, 5.74) is 10.9. The Balaban J connectivity index is 2.55. The molecule has 2 atom stereocenters. The fraction of sp³-hybridized carbons (Fsp3) is 0.889. The number of nitrogens with two attached hydrogens (primary N) is 2. The lowest BCUT2D eigenvalue weighted by Gasteiger charge is -2.37. The molecule has 1 rings (SSSR count). The van der Waals surface area contributed by atoms with Crippen LogP contribution in [0, 0.1) is 5.92 Å². The summed E-state index contributed by atoms with van der Waals surface area (Å²) in [5, 5.41) is 0. The SMILES string of the molecule is CCC1CCN(C(N)=O)C(CN)C1. The highest BCUT2D eigenvalue weighted by molar-refractivity contribution is 5.72. The maximum atomic E-state index is 11.0. The summed E-state index contributed by atoms with van der Waals surface area (Å²) in [6.45, 7) is 3.48. The average molecular weight is 185 g/mol. The van der Waals surface area contributed by atoms with E-state index in [4.69, 9.17) is 11.5 Å². The van der Waals surface area contributed by atoms with Gasteiger partial charge in [-0.2, -0.15) is 0 Å². The van der Waals surface area contributed by atoms with Gasteiger partial charge in [0.1, 0.15) is 0 Å². The van der Waals surface area contributed by atoms with Gasteiger partial charge in [0.2, 0.25) is 0 Å². The van der Waals surface area contributed by atoms with E-state index < -0.39 is 0 Å². The number of amides is 2. The second-order valence-electron chi connectivity index (χ2n) is 3.72. The van der Waals surface area contributed by atoms with Crippen molar-refractivity contribution in [2.75, 3.05) is 13.1 Å². The Hall–Kier alpha value is -0.770. The molecule has 0 radical (unpaired) electrons. The Labute approximate surface area is 79.3 Å². The van der Waals surface area contributed by atoms with Gasteiger partial charge in [0, 0.05) is 19.1 Å². The van der Waals surface area contributed by atoms with Gasteiger partial charge in [0.05, 0.1) is 0 Å². The van der Waals surface area contributed by atoms with Crippen molar-refractivity contribution in [2.24, 2.45) is 17.4 Å². The van der Waals surface area contributed by atoms with Crippen LogP contribution in [0.3, 0.4) is 0 Å². The highest BCUT2D eigenvalue weighted by Crippen LogP contribution is 2.24. The van der Waals surface area contributed by atoms with Gasteiger partial charge in [0.15, 0.2) is 0 Å². The van der Waals surface area contributed by atoms with Gasteiger partial charge in [-0.1, -0.05) is 13.3 Å². The number of primary amides is 1. The number of hydrogen-bond donors (Lipinski definition) is 2. The first kappa shape index (κ1) is 10.3. The van der Waals surface area contributed by atoms with Crippen molar-refractivity contribution in [1.82, 2.24) is 4.90 Å². The van der Waals surface area contributed by atoms with E-state index in [0.29, 0.717) is 12.5 Å². The van der Waals surface area contributed by atoms with Crippen molar-refractivity contribution in [3.05, 3.63) is 0 Å². The maximum absolute atomic E-state index is 11.0. The average Bonchev–Trinajstić information content (AvgIpc) is 2.16. The van der Waals surface area contributed by atoms with Crippen LogP contribution in [-0.4, -0.2) is 30.1 Å². The van der Waals surface area contributed by atoms with Crippen LogP contribution >= 0.6 is 0 Å². The second-order valence-corrected chi connectivity index (χ2v) is 3.72. The number of carbonyl (C=O) groups excluding carboxylic acids is 1. The number of carbonyl (C=O) groups is 1. The van der Waals surface area contributed by atoms with E-state index >= 15 is 0 Å². The summed E-state index contributed by atoms with van der Waals surface area (Å²) in [7, 11) is 0. The number of urea groups is 1. The van der Waals surface area contributed by atoms with Gasteiger partial charge in [-0.05, 0) is 18.8 Å². The Morgan fingerprint density at radius 3 is 2.77 bits per heavy atom. The van der Waals surface area contributed by atoms with E-state index in [0.717, 1.165) is 19.4 Å². The molecule has 2 amide bonds. The predicted molar refractivity (Wildman–Crippen MR) is 52.1 cm³/mol. The van der Waals surface area contributed by atoms with Crippen molar-refractivity contribution in [3.8, 4) is 0 Å². The Morgan fingerprint density at radius 2 is 2.31 bits per heavy atom. The molecule has 1 fully saturated rings. The molecule has 1 aliphatic heterocycles. The molecule has 0 saturated carbocycles. The first-order valence-electron chi connectivity index (χ1n) is 4.95. The molecule has 0 bridgehead atoms. The van der Waals surface area contributed by atoms with E-state index in [2.05, 4.69) is 6.92 Å². The van der Waals surface area contributed by atoms with Crippen LogP contribution in [0.25, 0.3) is 0 Å². The van der Waals surface area contributed by atoms with Gasteiger partial charge in [-0.25, -0.2) is 4.79 Å². The molecule has 4 heteroatoms. The summed E-state index contributed by atoms with van der Waals surface area (Å²) >= 11 is 0. The van der Waals surface area contributed by atoms with E-state index in [1.54, 1.807) is 4.90 Å². The third-order valence-electron chi connectivity index (χ3n) is 2.96. The van der Waals surface area contributed by atoms with Crippen LogP contribution in [-0.2, 0) is 0 Å². The zero-order valence-electron chi connectivity index (χ0n) is 8.20. The standard InChI is InChI=1S/C9H19N3O/c1-2-7-3-4-12(9(11)13)8(5-7)6-10/h7-8H,2-6,10H2,1H3,(H2,11,13). The summed E-state index contributed by atoms with van der Waals surface area (Å²) in [5.74, 6) is 0.712. The third kappa shape index (κ3) is 2.34. The van der Waals surface area contributed by atoms with Crippen molar-refractivity contribution >= 4 is 6.03 Å². The fourth-order valence-corrected chi connectivity index (χ4v) is 2.02. The monoisotopic (exact) mass is 185 g/mol. The molecule has 1 heterocycles. The molecule has 76 valence electrons. The maximum Gasteiger partial charge on any atom is 0.315 e. The molecular weight excluding hydrogens is 166 g/mol. The first-order chi connectivity index (χ1) is 6.19. The number of likely N-dealkylation sites (tertiary alicyclic amines) is 1. The minimum Gasteiger partial charge on any atom is -0.351 e. The molecule has 4 N–H and O–H groups in total. The van der Waals surface area contributed by atoms with Crippen LogP contribution in [0.4, 0.5) is 4.79 Å². The van der Waals surface area contributed by atoms with Crippen LogP contribution in [0.1, 0.15) is 26.2 Å². The van der Waals surface area contributed by atoms with Crippen molar-refractivity contribution in [3.63, 3.8) is 0 Å². The quantitative estimate of drug-likeness (QED) is 0.658. The molecular formula is C9H19N3O. The van der Waals surface area contributed by atoms with Crippen molar-refractivity contribution < 1.29 is 4.79 Å². The molecule has 0 aromatic carbocycles. The lowest BCUT2D eigenvalue weighted by molar-refractivity contribution is 0.135. The molecule has 1 aliphatic rings. The van der Waals surface area contributed by atoms with Crippen LogP contribution in [0.15, 0.2) is 0 Å². The van der Waals surface area contributed by atoms with Crippen LogP contribution < -0.4 is 11.5 Å². The van der Waals surface area contributed by atoms with Gasteiger partial charge in [-0.15, -0.1) is 0 Å². The number of rotatable bonds is 2. The molecule has 1 saturated heterocycles. The number of nitrogens with zero attached hydrogens (tertiary/aromatic N) is 1. The first-order valence-corrected chi connectivity index (χ1v) is 4.95. The topological polar surface area (TPSA) is 72.3 Å². The van der Waals surface area contributed by atoms with Crippen LogP contribution in [0.2, 0.25) is 0 Å². The normalized spacial score (nSPS) is 28.9. The van der Waals surface area contributed by atoms with Crippen LogP contribution in [0.5, 0.6) is 0 Å². The third-order valence-corrected chi connectivity index (χ3v) is 2.96. The molecule has 0 aliphatic carbocycles. The summed E-state index contributed by atoms with van der Waals surface area (Å²) in [6, 6.07) is -0.166. The zero-order valence-corrected chi connectivity index (χ0v) is 8.20. The highest BCUT2D eigenvalue weighted by Gasteiger charge is 2.28. The molecule has 0 aromatic rings. The fourth-order valence-electron chi connectivity index (χ4n) is 2.02. The second kappa shape index (κ2) is 4.46. The highest BCUT2D eigenvalue weighted by atomic mass is 16.2. The zero-order chi connectivity index (χ0) is 9.84. The summed E-state index contributed by atoms with van der Waals surface area (Å²) in [4.78, 5) is 12.7. The molecule has 0 spiro atoms. The minimum absolute atomic E-state index is 0.163. The number of hydrogen-bond acceptors (Lipinski definition) is 2. The van der Waals surface area contributed by atoms with E-state index in [-0.39, 0.29) is 12.1 Å². The van der Waals surface area contributed by atoms with Gasteiger partial charge in [-0.3, -0.25) is 0 Å². The molecule has 4 nitrogen and oxygen atoms in total. The largest absolute Gasteiger partial charge is 0.351 e. The minimum atomic E-state index is -0.329. The molecule has 0 aromatic heterocycles. The predicted octanol–water partition coefficient (Wildman–Crippen LogP) is 0.514. The molecule has 13 heavy (non-hydrogen) atoms. The molecule has 2 unspecified atom stereocenters. The van der Waals surface area contributed by atoms with E-state index in [1.165, 1.54) is 6.42 Å². The lowest BCUT2D eigenvalue weighted by atomic mass is 9.89. The van der Waals surface area contributed by atoms with Gasteiger partial charge < -0.3 is 16.4 Å². The Kier molecular flexibility index (Phi) is 3.54. The smallest absolute Gasteiger partial charge is 0.315 e. The summed E-state index contributed by atoms with van der Waals surface area (Å²) < 4.78 is 0. The Morgan fingerprint density at radius 1 is 1.62 bits per heavy atom. The van der Waals surface area contributed by atoms with Crippen molar-refractivity contribution in [1.29, 1.82) is 0 Å². The summed E-state index contributed by atoms with van der Waals surface area (Å²) in [6.07, 6.45) is 3.25. The van der Waals surface area contributed by atoms with Crippen molar-refractivity contribution in [2.45, 2.75) is 32.2 Å². The van der Waals surface area contributed by atoms with Gasteiger partial charge in [0.25, 0.3) is 0 Å². The lowest BCUT2D eigenvalue weighted by Crippen LogP contribution is -2.51. The number of piperidine rings is 1. The van der Waals surface area contributed by atoms with Gasteiger partial charge >= 0.3 is 6.03 Å².